The van der Waals surface area contributed by atoms with Gasteiger partial charge in [0.2, 0.25) is 5.91 Å². The van der Waals surface area contributed by atoms with Crippen molar-refractivity contribution in [3.63, 3.8) is 0 Å². The van der Waals surface area contributed by atoms with E-state index in [1.807, 2.05) is 12.3 Å². The van der Waals surface area contributed by atoms with Gasteiger partial charge >= 0.3 is 0 Å². The number of hydrogen-bond acceptors (Lipinski definition) is 4. The van der Waals surface area contributed by atoms with E-state index in [0.717, 1.165) is 36.8 Å². The Bertz CT molecular complexity index is 383. The maximum Gasteiger partial charge on any atom is 0.226 e. The molecule has 94 valence electrons. The minimum Gasteiger partial charge on any atom is -0.306 e. The highest BCUT2D eigenvalue weighted by Gasteiger charge is 2.19. The molecular weight excluding hydrogens is 234 g/mol. The molecule has 0 bridgehead atoms. The number of hydrogen-bond donors (Lipinski definition) is 1. The molecule has 0 atom stereocenters. The Labute approximate surface area is 106 Å². The highest BCUT2D eigenvalue weighted by Crippen LogP contribution is 2.21. The third kappa shape index (κ3) is 3.78. The number of piperidine rings is 1. The number of likely N-dealkylation sites (tertiary alicyclic amines) is 1. The van der Waals surface area contributed by atoms with Crippen LogP contribution >= 0.6 is 11.3 Å². The van der Waals surface area contributed by atoms with Gasteiger partial charge in [0.25, 0.3) is 0 Å². The van der Waals surface area contributed by atoms with Gasteiger partial charge < -0.3 is 10.2 Å². The van der Waals surface area contributed by atoms with Crippen LogP contribution in [0.1, 0.15) is 25.0 Å². The zero-order valence-electron chi connectivity index (χ0n) is 10.4. The Hall–Kier alpha value is -0.940. The standard InChI is InChI=1S/C12H19N3OS/c1-9-8-17-12(13-9)14-11(16)7-10-3-5-15(2)6-4-10/h8,10H,3-7H2,1-2H3,(H,13,14,16). The van der Waals surface area contributed by atoms with E-state index in [0.29, 0.717) is 12.3 Å². The van der Waals surface area contributed by atoms with Gasteiger partial charge in [0.05, 0.1) is 5.69 Å². The van der Waals surface area contributed by atoms with E-state index >= 15 is 0 Å². The van der Waals surface area contributed by atoms with Crippen LogP contribution in [0.25, 0.3) is 0 Å². The van der Waals surface area contributed by atoms with Crippen LogP contribution in [0.2, 0.25) is 0 Å². The van der Waals surface area contributed by atoms with Crippen molar-refractivity contribution < 1.29 is 4.79 Å². The molecule has 1 N–H and O–H groups in total. The molecule has 17 heavy (non-hydrogen) atoms. The van der Waals surface area contributed by atoms with Gasteiger partial charge in [0.1, 0.15) is 0 Å². The minimum atomic E-state index is 0.105. The first-order valence-corrected chi connectivity index (χ1v) is 6.92. The summed E-state index contributed by atoms with van der Waals surface area (Å²) in [5, 5.41) is 5.55. The summed E-state index contributed by atoms with van der Waals surface area (Å²) in [5.41, 5.74) is 0.963. The Morgan fingerprint density at radius 2 is 2.29 bits per heavy atom. The molecule has 4 nitrogen and oxygen atoms in total. The summed E-state index contributed by atoms with van der Waals surface area (Å²) in [6.07, 6.45) is 2.88. The molecule has 0 saturated carbocycles. The fourth-order valence-corrected chi connectivity index (χ4v) is 2.81. The van der Waals surface area contributed by atoms with Crippen LogP contribution in [0.5, 0.6) is 0 Å². The van der Waals surface area contributed by atoms with Gasteiger partial charge in [-0.05, 0) is 45.8 Å². The lowest BCUT2D eigenvalue weighted by Gasteiger charge is -2.28. The predicted octanol–water partition coefficient (Wildman–Crippen LogP) is 2.12. The second kappa shape index (κ2) is 5.60. The number of rotatable bonds is 3. The highest BCUT2D eigenvalue weighted by molar-refractivity contribution is 7.13. The Kier molecular flexibility index (Phi) is 4.12. The van der Waals surface area contributed by atoms with E-state index in [4.69, 9.17) is 0 Å². The van der Waals surface area contributed by atoms with Crippen LogP contribution < -0.4 is 5.32 Å². The van der Waals surface area contributed by atoms with E-state index in [-0.39, 0.29) is 5.91 Å². The number of thiazole rings is 1. The van der Waals surface area contributed by atoms with E-state index in [9.17, 15) is 4.79 Å². The van der Waals surface area contributed by atoms with Crippen molar-refractivity contribution in [2.75, 3.05) is 25.5 Å². The van der Waals surface area contributed by atoms with Crippen molar-refractivity contribution in [1.82, 2.24) is 9.88 Å². The summed E-state index contributed by atoms with van der Waals surface area (Å²) in [7, 11) is 2.13. The van der Waals surface area contributed by atoms with Crippen LogP contribution in [0.15, 0.2) is 5.38 Å². The van der Waals surface area contributed by atoms with Gasteiger partial charge in [-0.1, -0.05) is 0 Å². The molecule has 0 spiro atoms. The molecule has 5 heteroatoms. The molecule has 0 aliphatic carbocycles. The zero-order chi connectivity index (χ0) is 12.3. The molecule has 2 rings (SSSR count). The molecule has 1 aliphatic rings. The van der Waals surface area contributed by atoms with Gasteiger partial charge in [-0.25, -0.2) is 4.98 Å². The first kappa shape index (κ1) is 12.5. The number of nitrogens with zero attached hydrogens (tertiary/aromatic N) is 2. The van der Waals surface area contributed by atoms with E-state index in [2.05, 4.69) is 22.2 Å². The normalized spacial score (nSPS) is 18.2. The largest absolute Gasteiger partial charge is 0.306 e. The number of aromatic nitrogens is 1. The Morgan fingerprint density at radius 3 is 2.88 bits per heavy atom. The summed E-state index contributed by atoms with van der Waals surface area (Å²) >= 11 is 1.49. The fourth-order valence-electron chi connectivity index (χ4n) is 2.11. The molecule has 1 aliphatic heterocycles. The molecule has 1 aromatic rings. The van der Waals surface area contributed by atoms with Crippen molar-refractivity contribution in [1.29, 1.82) is 0 Å². The Balaban J connectivity index is 1.77. The molecule has 0 aromatic carbocycles. The average molecular weight is 253 g/mol. The van der Waals surface area contributed by atoms with Crippen molar-refractivity contribution in [3.8, 4) is 0 Å². The van der Waals surface area contributed by atoms with E-state index in [1.165, 1.54) is 11.3 Å². The predicted molar refractivity (Wildman–Crippen MR) is 70.3 cm³/mol. The summed E-state index contributed by atoms with van der Waals surface area (Å²) in [6, 6.07) is 0. The van der Waals surface area contributed by atoms with Crippen LogP contribution in [-0.4, -0.2) is 35.9 Å². The molecule has 0 radical (unpaired) electrons. The van der Waals surface area contributed by atoms with Crippen LogP contribution in [-0.2, 0) is 4.79 Å². The van der Waals surface area contributed by atoms with Crippen LogP contribution in [0, 0.1) is 12.8 Å². The molecular formula is C12H19N3OS. The lowest BCUT2D eigenvalue weighted by atomic mass is 9.93. The number of aryl methyl sites for hydroxylation is 1. The molecule has 1 fully saturated rings. The third-order valence-corrected chi connectivity index (χ3v) is 4.05. The quantitative estimate of drug-likeness (QED) is 0.897. The molecule has 1 aromatic heterocycles. The van der Waals surface area contributed by atoms with Crippen LogP contribution in [0.3, 0.4) is 0 Å². The van der Waals surface area contributed by atoms with Gasteiger partial charge in [0.15, 0.2) is 5.13 Å². The van der Waals surface area contributed by atoms with Gasteiger partial charge in [-0.2, -0.15) is 0 Å². The fraction of sp³-hybridized carbons (Fsp3) is 0.667. The summed E-state index contributed by atoms with van der Waals surface area (Å²) in [6.45, 7) is 4.14. The van der Waals surface area contributed by atoms with E-state index < -0.39 is 0 Å². The van der Waals surface area contributed by atoms with Crippen molar-refractivity contribution >= 4 is 22.4 Å². The lowest BCUT2D eigenvalue weighted by molar-refractivity contribution is -0.117. The molecule has 1 amide bonds. The SMILES string of the molecule is Cc1csc(NC(=O)CC2CCN(C)CC2)n1. The summed E-state index contributed by atoms with van der Waals surface area (Å²) in [5.74, 6) is 0.640. The van der Waals surface area contributed by atoms with Gasteiger partial charge in [-0.15, -0.1) is 11.3 Å². The zero-order valence-corrected chi connectivity index (χ0v) is 11.2. The first-order chi connectivity index (χ1) is 8.13. The highest BCUT2D eigenvalue weighted by atomic mass is 32.1. The molecule has 0 unspecified atom stereocenters. The lowest BCUT2D eigenvalue weighted by Crippen LogP contribution is -2.31. The smallest absolute Gasteiger partial charge is 0.226 e. The summed E-state index contributed by atoms with van der Waals surface area (Å²) in [4.78, 5) is 18.4. The minimum absolute atomic E-state index is 0.105. The van der Waals surface area contributed by atoms with Gasteiger partial charge in [0, 0.05) is 11.8 Å². The van der Waals surface area contributed by atoms with Crippen molar-refractivity contribution in [3.05, 3.63) is 11.1 Å². The number of anilines is 1. The van der Waals surface area contributed by atoms with Crippen LogP contribution in [0.4, 0.5) is 5.13 Å². The number of carbonyl (C=O) groups excluding carboxylic acids is 1. The number of nitrogens with one attached hydrogen (secondary N) is 1. The molecule has 1 saturated heterocycles. The maximum absolute atomic E-state index is 11.8. The monoisotopic (exact) mass is 253 g/mol. The maximum atomic E-state index is 11.8. The van der Waals surface area contributed by atoms with Crippen molar-refractivity contribution in [2.24, 2.45) is 5.92 Å². The summed E-state index contributed by atoms with van der Waals surface area (Å²) < 4.78 is 0. The first-order valence-electron chi connectivity index (χ1n) is 6.04. The number of carbonyl (C=O) groups is 1. The van der Waals surface area contributed by atoms with E-state index in [1.54, 1.807) is 0 Å². The second-order valence-corrected chi connectivity index (χ2v) is 5.65. The topological polar surface area (TPSA) is 45.2 Å². The molecule has 2 heterocycles. The van der Waals surface area contributed by atoms with Gasteiger partial charge in [-0.3, -0.25) is 4.79 Å². The van der Waals surface area contributed by atoms with Crippen molar-refractivity contribution in [2.45, 2.75) is 26.2 Å². The second-order valence-electron chi connectivity index (χ2n) is 4.79. The third-order valence-electron chi connectivity index (χ3n) is 3.18. The Morgan fingerprint density at radius 1 is 1.59 bits per heavy atom. The number of amides is 1. The average Bonchev–Trinajstić information content (AvgIpc) is 2.67.